The van der Waals surface area contributed by atoms with Gasteiger partial charge in [0.15, 0.2) is 52.4 Å². The first-order valence-electron chi connectivity index (χ1n) is 34.5. The fraction of sp³-hybridized carbons (Fsp3) is 0.100. The maximum atomic E-state index is 4.97. The van der Waals surface area contributed by atoms with Gasteiger partial charge in [0.1, 0.15) is 0 Å². The molecule has 0 saturated carbocycles. The first kappa shape index (κ1) is 62.3. The molecule has 0 N–H and O–H groups in total. The number of hydrogen-bond donors (Lipinski definition) is 0. The smallest absolute Gasteiger partial charge is 0.164 e. The van der Waals surface area contributed by atoms with Gasteiger partial charge in [-0.3, -0.25) is 0 Å². The monoisotopic (exact) mass is 1290 g/mol. The summed E-state index contributed by atoms with van der Waals surface area (Å²) in [4.78, 5) is 44.5. The summed E-state index contributed by atoms with van der Waals surface area (Å²) in [5.41, 5.74) is 20.1. The SMILES string of the molecule is c1ccc(-c2nc(-c3ccccc3)nc(-c3ccc(CCCc4ccc(-n5c6ccc(CCCc7ccc(-c8nc(-c9ccccc9)nc(-c9ccccc9)n8)cc7)cc6c6cc(CCCc7ccc(-c8nc(-c9ccccc9)nc(-c9ccccc9)n8)cc7)ccc65)cc4)cc3)n2)cc1. The topological polar surface area (TPSA) is 121 Å². The highest BCUT2D eigenvalue weighted by Gasteiger charge is 2.19. The first-order valence-corrected chi connectivity index (χ1v) is 34.5. The van der Waals surface area contributed by atoms with Crippen LogP contribution in [0.2, 0.25) is 0 Å². The lowest BCUT2D eigenvalue weighted by atomic mass is 9.99. The minimum atomic E-state index is 0.660. The van der Waals surface area contributed by atoms with E-state index in [2.05, 4.69) is 138 Å². The maximum Gasteiger partial charge on any atom is 0.164 e. The summed E-state index contributed by atoms with van der Waals surface area (Å²) in [6.45, 7) is 0. The van der Waals surface area contributed by atoms with Crippen molar-refractivity contribution in [2.75, 3.05) is 0 Å². The van der Waals surface area contributed by atoms with E-state index in [0.717, 1.165) is 114 Å². The molecular weight excluding hydrogens is 1220 g/mol. The third-order valence-electron chi connectivity index (χ3n) is 18.6. The van der Waals surface area contributed by atoms with Crippen LogP contribution < -0.4 is 0 Å². The molecule has 0 aliphatic rings. The van der Waals surface area contributed by atoms with E-state index in [-0.39, 0.29) is 0 Å². The van der Waals surface area contributed by atoms with Crippen LogP contribution in [0.4, 0.5) is 0 Å². The second-order valence-corrected chi connectivity index (χ2v) is 25.5. The summed E-state index contributed by atoms with van der Waals surface area (Å²) in [7, 11) is 0. The Labute approximate surface area is 582 Å². The Morgan fingerprint density at radius 3 is 0.600 bits per heavy atom. The van der Waals surface area contributed by atoms with E-state index in [0.29, 0.717) is 52.4 Å². The Hall–Kier alpha value is -12.5. The van der Waals surface area contributed by atoms with Gasteiger partial charge in [0.2, 0.25) is 0 Å². The van der Waals surface area contributed by atoms with Gasteiger partial charge in [-0.05, 0) is 128 Å². The molecule has 4 aromatic heterocycles. The third-order valence-corrected chi connectivity index (χ3v) is 18.6. The summed E-state index contributed by atoms with van der Waals surface area (Å²) in [5.74, 6) is 5.95. The van der Waals surface area contributed by atoms with Gasteiger partial charge in [-0.15, -0.1) is 0 Å². The average Bonchev–Trinajstić information content (AvgIpc) is 1.59. The molecule has 480 valence electrons. The molecule has 0 unspecified atom stereocenters. The number of aryl methyl sites for hydroxylation is 6. The van der Waals surface area contributed by atoms with Crippen molar-refractivity contribution >= 4 is 21.8 Å². The largest absolute Gasteiger partial charge is 0.309 e. The van der Waals surface area contributed by atoms with Gasteiger partial charge in [-0.2, -0.15) is 0 Å². The summed E-state index contributed by atoms with van der Waals surface area (Å²) in [6, 6.07) is 111. The molecule has 0 aliphatic heterocycles. The second-order valence-electron chi connectivity index (χ2n) is 25.5. The molecule has 4 heterocycles. The van der Waals surface area contributed by atoms with E-state index in [1.54, 1.807) is 0 Å². The molecule has 0 atom stereocenters. The molecule has 0 amide bonds. The van der Waals surface area contributed by atoms with Gasteiger partial charge in [-0.25, -0.2) is 44.9 Å². The molecule has 0 aliphatic carbocycles. The van der Waals surface area contributed by atoms with E-state index in [9.17, 15) is 0 Å². The lowest BCUT2D eigenvalue weighted by Crippen LogP contribution is -2.00. The van der Waals surface area contributed by atoms with Crippen molar-refractivity contribution in [2.24, 2.45) is 0 Å². The molecule has 0 bridgehead atoms. The highest BCUT2D eigenvalue weighted by molar-refractivity contribution is 6.09. The van der Waals surface area contributed by atoms with Crippen molar-refractivity contribution in [3.63, 3.8) is 0 Å². The van der Waals surface area contributed by atoms with Crippen molar-refractivity contribution in [1.82, 2.24) is 49.4 Å². The van der Waals surface area contributed by atoms with Crippen LogP contribution in [0.3, 0.4) is 0 Å². The van der Waals surface area contributed by atoms with Crippen LogP contribution in [0.25, 0.3) is 130 Å². The average molecular weight is 1290 g/mol. The van der Waals surface area contributed by atoms with Crippen molar-refractivity contribution in [2.45, 2.75) is 57.8 Å². The van der Waals surface area contributed by atoms with Crippen LogP contribution in [0.1, 0.15) is 52.6 Å². The summed E-state index contributed by atoms with van der Waals surface area (Å²) in [6.07, 6.45) is 8.78. The number of benzene rings is 12. The zero-order valence-corrected chi connectivity index (χ0v) is 55.4. The van der Waals surface area contributed by atoms with Crippen LogP contribution >= 0.6 is 0 Å². The van der Waals surface area contributed by atoms with Gasteiger partial charge < -0.3 is 4.57 Å². The van der Waals surface area contributed by atoms with Crippen LogP contribution in [0.15, 0.2) is 315 Å². The van der Waals surface area contributed by atoms with Gasteiger partial charge in [0.05, 0.1) is 11.0 Å². The number of hydrogen-bond acceptors (Lipinski definition) is 9. The molecule has 16 rings (SSSR count). The standard InChI is InChI=1S/C90H70N10/c1-7-28-68(29-8-1)82-91-83(69-30-9-2-10-31-69)95-88(94-82)74-50-40-62(41-51-74)22-19-23-65-46-56-77(57-47-65)100-80-58-48-66(26-20-24-63-42-52-75(53-43-63)89-96-84(70-32-11-3-12-33-70)92-85(97-89)71-34-13-4-14-35-71)60-78(80)79-61-67(49-59-81(79)100)27-21-25-64-44-54-76(55-45-64)90-98-86(72-36-15-5-16-37-72)93-87(99-90)73-38-17-6-18-39-73/h1-18,28-61H,19-27H2. The molecule has 10 nitrogen and oxygen atoms in total. The fourth-order valence-electron chi connectivity index (χ4n) is 13.3. The molecule has 16 aromatic rings. The quantitative estimate of drug-likeness (QED) is 0.0653. The molecule has 0 saturated heterocycles. The molecule has 100 heavy (non-hydrogen) atoms. The predicted molar refractivity (Wildman–Crippen MR) is 405 cm³/mol. The highest BCUT2D eigenvalue weighted by atomic mass is 15.1. The zero-order valence-electron chi connectivity index (χ0n) is 55.4. The number of nitrogens with zero attached hydrogens (tertiary/aromatic N) is 10. The molecule has 0 spiro atoms. The molecule has 0 fully saturated rings. The summed E-state index contributed by atoms with van der Waals surface area (Å²) >= 11 is 0. The van der Waals surface area contributed by atoms with Gasteiger partial charge >= 0.3 is 0 Å². The van der Waals surface area contributed by atoms with E-state index in [4.69, 9.17) is 44.9 Å². The summed E-state index contributed by atoms with van der Waals surface area (Å²) < 4.78 is 2.46. The second kappa shape index (κ2) is 29.0. The number of rotatable bonds is 22. The van der Waals surface area contributed by atoms with Crippen LogP contribution in [-0.4, -0.2) is 49.4 Å². The molecular formula is C90H70N10. The zero-order chi connectivity index (χ0) is 66.8. The van der Waals surface area contributed by atoms with Crippen LogP contribution in [-0.2, 0) is 38.5 Å². The third kappa shape index (κ3) is 14.2. The van der Waals surface area contributed by atoms with E-state index in [1.165, 1.54) is 55.2 Å². The maximum absolute atomic E-state index is 4.97. The van der Waals surface area contributed by atoms with Gasteiger partial charge in [0, 0.05) is 66.5 Å². The van der Waals surface area contributed by atoms with Crippen LogP contribution in [0, 0.1) is 0 Å². The van der Waals surface area contributed by atoms with Gasteiger partial charge in [0.25, 0.3) is 0 Å². The van der Waals surface area contributed by atoms with Crippen molar-refractivity contribution < 1.29 is 0 Å². The first-order chi connectivity index (χ1) is 49.5. The van der Waals surface area contributed by atoms with E-state index >= 15 is 0 Å². The Bertz CT molecular complexity index is 5040. The Morgan fingerprint density at radius 1 is 0.180 bits per heavy atom. The predicted octanol–water partition coefficient (Wildman–Crippen LogP) is 20.9. The Balaban J connectivity index is 0.626. The molecule has 10 heteroatoms. The number of fused-ring (bicyclic) bond motifs is 3. The minimum absolute atomic E-state index is 0.660. The fourth-order valence-corrected chi connectivity index (χ4v) is 13.3. The van der Waals surface area contributed by atoms with Crippen molar-refractivity contribution in [1.29, 1.82) is 0 Å². The van der Waals surface area contributed by atoms with Crippen molar-refractivity contribution in [3.05, 3.63) is 349 Å². The van der Waals surface area contributed by atoms with Crippen molar-refractivity contribution in [3.8, 4) is 108 Å². The lowest BCUT2D eigenvalue weighted by molar-refractivity contribution is 0.820. The lowest BCUT2D eigenvalue weighted by Gasteiger charge is -2.11. The summed E-state index contributed by atoms with van der Waals surface area (Å²) in [5, 5.41) is 2.55. The Kier molecular flexibility index (Phi) is 18.1. The van der Waals surface area contributed by atoms with E-state index in [1.807, 2.05) is 182 Å². The molecule has 12 aromatic carbocycles. The highest BCUT2D eigenvalue weighted by Crippen LogP contribution is 2.36. The molecule has 0 radical (unpaired) electrons. The van der Waals surface area contributed by atoms with Crippen LogP contribution in [0.5, 0.6) is 0 Å². The van der Waals surface area contributed by atoms with Gasteiger partial charge in [-0.1, -0.05) is 279 Å². The van der Waals surface area contributed by atoms with E-state index < -0.39 is 0 Å². The minimum Gasteiger partial charge on any atom is -0.309 e. The normalized spacial score (nSPS) is 11.4. The number of aromatic nitrogens is 10. The Morgan fingerprint density at radius 2 is 0.370 bits per heavy atom.